The Morgan fingerprint density at radius 2 is 2.25 bits per heavy atom. The molecule has 1 aromatic rings. The van der Waals surface area contributed by atoms with Crippen molar-refractivity contribution in [1.82, 2.24) is 0 Å². The van der Waals surface area contributed by atoms with Gasteiger partial charge in [-0.15, -0.1) is 0 Å². The highest BCUT2D eigenvalue weighted by atomic mass is 79.9. The standard InChI is InChI=1S/C10H13BrO/c1-2-9-4-3-5-10(8-9)12-7-6-11/h3-5,8H,2,6-7H2,1H3. The Balaban J connectivity index is 2.60. The SMILES string of the molecule is CCc1cccc(OCCBr)c1. The Bertz CT molecular complexity index is 235. The molecular weight excluding hydrogens is 216 g/mol. The lowest BCUT2D eigenvalue weighted by Crippen LogP contribution is -1.97. The Labute approximate surface area is 81.9 Å². The van der Waals surface area contributed by atoms with Crippen molar-refractivity contribution in [2.45, 2.75) is 13.3 Å². The molecular formula is C10H13BrO. The molecule has 0 fully saturated rings. The van der Waals surface area contributed by atoms with Gasteiger partial charge in [-0.2, -0.15) is 0 Å². The monoisotopic (exact) mass is 228 g/mol. The number of ether oxygens (including phenoxy) is 1. The maximum Gasteiger partial charge on any atom is 0.119 e. The first-order valence-electron chi connectivity index (χ1n) is 4.14. The molecule has 0 aliphatic rings. The molecule has 0 aromatic heterocycles. The summed E-state index contributed by atoms with van der Waals surface area (Å²) in [6, 6.07) is 8.22. The largest absolute Gasteiger partial charge is 0.493 e. The van der Waals surface area contributed by atoms with E-state index in [0.29, 0.717) is 0 Å². The smallest absolute Gasteiger partial charge is 0.119 e. The van der Waals surface area contributed by atoms with Gasteiger partial charge in [0.25, 0.3) is 0 Å². The van der Waals surface area contributed by atoms with Gasteiger partial charge >= 0.3 is 0 Å². The van der Waals surface area contributed by atoms with Crippen LogP contribution in [0.15, 0.2) is 24.3 Å². The quantitative estimate of drug-likeness (QED) is 0.721. The van der Waals surface area contributed by atoms with Crippen LogP contribution >= 0.6 is 15.9 Å². The van der Waals surface area contributed by atoms with Crippen LogP contribution in [0.5, 0.6) is 5.75 Å². The average molecular weight is 229 g/mol. The third kappa shape index (κ3) is 2.86. The van der Waals surface area contributed by atoms with E-state index < -0.39 is 0 Å². The summed E-state index contributed by atoms with van der Waals surface area (Å²) in [6.45, 7) is 2.87. The van der Waals surface area contributed by atoms with Crippen molar-refractivity contribution in [3.05, 3.63) is 29.8 Å². The van der Waals surface area contributed by atoms with Gasteiger partial charge in [-0.25, -0.2) is 0 Å². The zero-order valence-corrected chi connectivity index (χ0v) is 8.80. The van der Waals surface area contributed by atoms with Crippen molar-refractivity contribution in [2.24, 2.45) is 0 Å². The van der Waals surface area contributed by atoms with Crippen LogP contribution < -0.4 is 4.74 Å². The molecule has 1 nitrogen and oxygen atoms in total. The first-order chi connectivity index (χ1) is 5.86. The molecule has 0 heterocycles. The lowest BCUT2D eigenvalue weighted by molar-refractivity contribution is 0.345. The van der Waals surface area contributed by atoms with Crippen LogP contribution in [-0.4, -0.2) is 11.9 Å². The minimum absolute atomic E-state index is 0.729. The van der Waals surface area contributed by atoms with E-state index in [4.69, 9.17) is 4.74 Å². The molecule has 1 aromatic carbocycles. The Kier molecular flexibility index (Phi) is 4.15. The van der Waals surface area contributed by atoms with Gasteiger partial charge in [0.15, 0.2) is 0 Å². The van der Waals surface area contributed by atoms with Crippen LogP contribution in [-0.2, 0) is 6.42 Å². The van der Waals surface area contributed by atoms with E-state index in [1.807, 2.05) is 12.1 Å². The van der Waals surface area contributed by atoms with Crippen LogP contribution in [0.2, 0.25) is 0 Å². The van der Waals surface area contributed by atoms with E-state index in [2.05, 4.69) is 35.0 Å². The maximum atomic E-state index is 5.45. The lowest BCUT2D eigenvalue weighted by atomic mass is 10.2. The van der Waals surface area contributed by atoms with Crippen LogP contribution in [0.25, 0.3) is 0 Å². The van der Waals surface area contributed by atoms with Gasteiger partial charge in [-0.3, -0.25) is 0 Å². The van der Waals surface area contributed by atoms with Crippen LogP contribution in [0.3, 0.4) is 0 Å². The first-order valence-corrected chi connectivity index (χ1v) is 5.26. The molecule has 0 saturated carbocycles. The number of hydrogen-bond donors (Lipinski definition) is 0. The van der Waals surface area contributed by atoms with Crippen molar-refractivity contribution in [3.8, 4) is 5.75 Å². The van der Waals surface area contributed by atoms with Crippen molar-refractivity contribution >= 4 is 15.9 Å². The second kappa shape index (κ2) is 5.20. The fourth-order valence-corrected chi connectivity index (χ4v) is 1.17. The molecule has 0 aliphatic carbocycles. The number of halogens is 1. The summed E-state index contributed by atoms with van der Waals surface area (Å²) >= 11 is 3.32. The zero-order chi connectivity index (χ0) is 8.81. The van der Waals surface area contributed by atoms with Gasteiger partial charge in [0.2, 0.25) is 0 Å². The Morgan fingerprint density at radius 3 is 2.92 bits per heavy atom. The highest BCUT2D eigenvalue weighted by molar-refractivity contribution is 9.09. The van der Waals surface area contributed by atoms with E-state index in [1.165, 1.54) is 5.56 Å². The molecule has 0 bridgehead atoms. The van der Waals surface area contributed by atoms with Crippen LogP contribution in [0.1, 0.15) is 12.5 Å². The van der Waals surface area contributed by atoms with Gasteiger partial charge in [-0.05, 0) is 24.1 Å². The predicted molar refractivity (Wildman–Crippen MR) is 55.1 cm³/mol. The number of aryl methyl sites for hydroxylation is 1. The summed E-state index contributed by atoms with van der Waals surface area (Å²) in [5.74, 6) is 0.966. The summed E-state index contributed by atoms with van der Waals surface area (Å²) in [7, 11) is 0. The van der Waals surface area contributed by atoms with Gasteiger partial charge in [0.1, 0.15) is 5.75 Å². The van der Waals surface area contributed by atoms with Crippen molar-refractivity contribution in [2.75, 3.05) is 11.9 Å². The Morgan fingerprint density at radius 1 is 1.42 bits per heavy atom. The minimum atomic E-state index is 0.729. The van der Waals surface area contributed by atoms with E-state index in [1.54, 1.807) is 0 Å². The normalized spacial score (nSPS) is 9.83. The van der Waals surface area contributed by atoms with E-state index >= 15 is 0 Å². The van der Waals surface area contributed by atoms with Gasteiger partial charge in [0.05, 0.1) is 6.61 Å². The van der Waals surface area contributed by atoms with E-state index in [-0.39, 0.29) is 0 Å². The zero-order valence-electron chi connectivity index (χ0n) is 7.22. The number of hydrogen-bond acceptors (Lipinski definition) is 1. The molecule has 0 aliphatic heterocycles. The highest BCUT2D eigenvalue weighted by Crippen LogP contribution is 2.13. The predicted octanol–water partition coefficient (Wildman–Crippen LogP) is 3.02. The summed E-state index contributed by atoms with van der Waals surface area (Å²) in [5.41, 5.74) is 1.32. The third-order valence-corrected chi connectivity index (χ3v) is 1.98. The van der Waals surface area contributed by atoms with E-state index in [9.17, 15) is 0 Å². The van der Waals surface area contributed by atoms with Crippen molar-refractivity contribution in [1.29, 1.82) is 0 Å². The second-order valence-electron chi connectivity index (χ2n) is 2.54. The summed E-state index contributed by atoms with van der Waals surface area (Å²) in [5, 5.41) is 0.878. The molecule has 66 valence electrons. The molecule has 0 radical (unpaired) electrons. The summed E-state index contributed by atoms with van der Waals surface area (Å²) in [4.78, 5) is 0. The van der Waals surface area contributed by atoms with E-state index in [0.717, 1.165) is 24.1 Å². The molecule has 1 rings (SSSR count). The number of rotatable bonds is 4. The minimum Gasteiger partial charge on any atom is -0.493 e. The van der Waals surface area contributed by atoms with Crippen LogP contribution in [0.4, 0.5) is 0 Å². The second-order valence-corrected chi connectivity index (χ2v) is 3.33. The molecule has 2 heteroatoms. The third-order valence-electron chi connectivity index (χ3n) is 1.65. The number of alkyl halides is 1. The summed E-state index contributed by atoms with van der Waals surface area (Å²) in [6.07, 6.45) is 1.06. The van der Waals surface area contributed by atoms with Crippen molar-refractivity contribution < 1.29 is 4.74 Å². The first kappa shape index (κ1) is 9.59. The lowest BCUT2D eigenvalue weighted by Gasteiger charge is -2.04. The fourth-order valence-electron chi connectivity index (χ4n) is 1.01. The van der Waals surface area contributed by atoms with Gasteiger partial charge in [0, 0.05) is 5.33 Å². The topological polar surface area (TPSA) is 9.23 Å². The van der Waals surface area contributed by atoms with Gasteiger partial charge in [-0.1, -0.05) is 35.0 Å². The average Bonchev–Trinajstić information content (AvgIpc) is 2.15. The molecule has 0 atom stereocenters. The highest BCUT2D eigenvalue weighted by Gasteiger charge is 1.93. The molecule has 0 spiro atoms. The van der Waals surface area contributed by atoms with Crippen LogP contribution in [0, 0.1) is 0 Å². The molecule has 0 saturated heterocycles. The Hall–Kier alpha value is -0.500. The molecule has 0 N–H and O–H groups in total. The molecule has 0 amide bonds. The van der Waals surface area contributed by atoms with Gasteiger partial charge < -0.3 is 4.74 Å². The maximum absolute atomic E-state index is 5.45. The number of benzene rings is 1. The van der Waals surface area contributed by atoms with Crippen molar-refractivity contribution in [3.63, 3.8) is 0 Å². The summed E-state index contributed by atoms with van der Waals surface area (Å²) < 4.78 is 5.45. The molecule has 12 heavy (non-hydrogen) atoms. The fraction of sp³-hybridized carbons (Fsp3) is 0.400. The molecule has 0 unspecified atom stereocenters.